The SMILES string of the molecule is O=C(CN1CCC1)N1CCN(c2ccc(Cl)c(-c3nc4ccccc4[nH]3)c2)CC1. The molecule has 150 valence electrons. The van der Waals surface area contributed by atoms with E-state index in [0.29, 0.717) is 11.6 Å². The lowest BCUT2D eigenvalue weighted by Crippen LogP contribution is -2.52. The van der Waals surface area contributed by atoms with Gasteiger partial charge in [0.25, 0.3) is 0 Å². The fourth-order valence-corrected chi connectivity index (χ4v) is 4.22. The van der Waals surface area contributed by atoms with Crippen molar-refractivity contribution < 1.29 is 4.79 Å². The molecule has 0 aliphatic carbocycles. The van der Waals surface area contributed by atoms with Gasteiger partial charge in [-0.1, -0.05) is 23.7 Å². The topological polar surface area (TPSA) is 55.5 Å². The molecule has 2 aliphatic heterocycles. The van der Waals surface area contributed by atoms with Crippen LogP contribution in [-0.4, -0.2) is 71.5 Å². The molecule has 1 amide bonds. The largest absolute Gasteiger partial charge is 0.368 e. The first-order valence-electron chi connectivity index (χ1n) is 10.2. The molecule has 0 radical (unpaired) electrons. The molecule has 29 heavy (non-hydrogen) atoms. The van der Waals surface area contributed by atoms with Crippen molar-refractivity contribution in [3.63, 3.8) is 0 Å². The molecular weight excluding hydrogens is 386 g/mol. The molecule has 6 nitrogen and oxygen atoms in total. The van der Waals surface area contributed by atoms with E-state index in [2.05, 4.69) is 20.9 Å². The van der Waals surface area contributed by atoms with E-state index < -0.39 is 0 Å². The van der Waals surface area contributed by atoms with Gasteiger partial charge in [-0.3, -0.25) is 9.69 Å². The van der Waals surface area contributed by atoms with Crippen molar-refractivity contribution in [2.45, 2.75) is 6.42 Å². The standard InChI is InChI=1S/C22H24ClN5O/c23-18-7-6-16(14-17(18)22-24-19-4-1-2-5-20(19)25-22)27-10-12-28(13-11-27)21(29)15-26-8-3-9-26/h1-2,4-7,14H,3,8-13,15H2,(H,24,25). The summed E-state index contributed by atoms with van der Waals surface area (Å²) in [5.74, 6) is 1.03. The lowest BCUT2D eigenvalue weighted by molar-refractivity contribution is -0.133. The number of benzene rings is 2. The molecule has 3 aromatic rings. The predicted molar refractivity (Wildman–Crippen MR) is 116 cm³/mol. The van der Waals surface area contributed by atoms with Crippen LogP contribution in [0.25, 0.3) is 22.4 Å². The Bertz CT molecular complexity index is 1000. The van der Waals surface area contributed by atoms with Crippen LogP contribution in [0.1, 0.15) is 6.42 Å². The molecular formula is C22H24ClN5O. The van der Waals surface area contributed by atoms with E-state index in [4.69, 9.17) is 16.6 Å². The number of anilines is 1. The average molecular weight is 410 g/mol. The van der Waals surface area contributed by atoms with E-state index in [-0.39, 0.29) is 5.91 Å². The second-order valence-corrected chi connectivity index (χ2v) is 8.17. The number of hydrogen-bond acceptors (Lipinski definition) is 4. The van der Waals surface area contributed by atoms with Crippen molar-refractivity contribution in [3.8, 4) is 11.4 Å². The highest BCUT2D eigenvalue weighted by molar-refractivity contribution is 6.33. The van der Waals surface area contributed by atoms with E-state index in [1.807, 2.05) is 41.3 Å². The summed E-state index contributed by atoms with van der Waals surface area (Å²) >= 11 is 6.49. The summed E-state index contributed by atoms with van der Waals surface area (Å²) in [4.78, 5) is 27.0. The maximum atomic E-state index is 12.4. The maximum absolute atomic E-state index is 12.4. The van der Waals surface area contributed by atoms with Gasteiger partial charge >= 0.3 is 0 Å². The number of carbonyl (C=O) groups excluding carboxylic acids is 1. The number of para-hydroxylation sites is 2. The third kappa shape index (κ3) is 3.70. The average Bonchev–Trinajstić information content (AvgIpc) is 3.15. The number of imidazole rings is 1. The molecule has 0 unspecified atom stereocenters. The van der Waals surface area contributed by atoms with E-state index in [1.165, 1.54) is 6.42 Å². The molecule has 1 aromatic heterocycles. The maximum Gasteiger partial charge on any atom is 0.236 e. The van der Waals surface area contributed by atoms with E-state index in [0.717, 1.165) is 67.4 Å². The Kier molecular flexibility index (Phi) is 4.89. The Labute approximate surface area is 175 Å². The molecule has 0 spiro atoms. The first-order valence-corrected chi connectivity index (χ1v) is 10.5. The smallest absolute Gasteiger partial charge is 0.236 e. The third-order valence-corrected chi connectivity index (χ3v) is 6.23. The number of rotatable bonds is 4. The molecule has 2 aromatic carbocycles. The van der Waals surface area contributed by atoms with Crippen molar-refractivity contribution >= 4 is 34.2 Å². The molecule has 5 rings (SSSR count). The van der Waals surface area contributed by atoms with Gasteiger partial charge in [0, 0.05) is 37.4 Å². The summed E-state index contributed by atoms with van der Waals surface area (Å²) in [6.45, 7) is 5.85. The second-order valence-electron chi connectivity index (χ2n) is 7.76. The number of piperazine rings is 1. The Morgan fingerprint density at radius 2 is 1.83 bits per heavy atom. The molecule has 2 saturated heterocycles. The summed E-state index contributed by atoms with van der Waals surface area (Å²) in [7, 11) is 0. The highest BCUT2D eigenvalue weighted by Crippen LogP contribution is 2.32. The Morgan fingerprint density at radius 1 is 1.03 bits per heavy atom. The molecule has 2 aliphatic rings. The lowest BCUT2D eigenvalue weighted by atomic mass is 10.1. The number of nitrogens with zero attached hydrogens (tertiary/aromatic N) is 4. The van der Waals surface area contributed by atoms with Crippen molar-refractivity contribution in [3.05, 3.63) is 47.5 Å². The number of aromatic amines is 1. The van der Waals surface area contributed by atoms with E-state index in [9.17, 15) is 4.79 Å². The second kappa shape index (κ2) is 7.69. The zero-order valence-corrected chi connectivity index (χ0v) is 17.0. The molecule has 7 heteroatoms. The van der Waals surface area contributed by atoms with Gasteiger partial charge in [0.2, 0.25) is 5.91 Å². The summed E-state index contributed by atoms with van der Waals surface area (Å²) in [6.07, 6.45) is 1.21. The molecule has 0 atom stereocenters. The predicted octanol–water partition coefficient (Wildman–Crippen LogP) is 3.24. The zero-order valence-electron chi connectivity index (χ0n) is 16.3. The number of nitrogens with one attached hydrogen (secondary N) is 1. The van der Waals surface area contributed by atoms with Gasteiger partial charge in [-0.2, -0.15) is 0 Å². The van der Waals surface area contributed by atoms with Crippen LogP contribution in [0.3, 0.4) is 0 Å². The van der Waals surface area contributed by atoms with Crippen molar-refractivity contribution in [2.24, 2.45) is 0 Å². The highest BCUT2D eigenvalue weighted by atomic mass is 35.5. The zero-order chi connectivity index (χ0) is 19.8. The quantitative estimate of drug-likeness (QED) is 0.718. The van der Waals surface area contributed by atoms with Gasteiger partial charge < -0.3 is 14.8 Å². The van der Waals surface area contributed by atoms with E-state index in [1.54, 1.807) is 0 Å². The number of likely N-dealkylation sites (tertiary alicyclic amines) is 1. The van der Waals surface area contributed by atoms with Crippen LogP contribution in [0, 0.1) is 0 Å². The lowest BCUT2D eigenvalue weighted by Gasteiger charge is -2.38. The normalized spacial score (nSPS) is 17.6. The minimum atomic E-state index is 0.253. The summed E-state index contributed by atoms with van der Waals surface area (Å²) < 4.78 is 0. The van der Waals surface area contributed by atoms with Gasteiger partial charge in [-0.05, 0) is 49.8 Å². The fraction of sp³-hybridized carbons (Fsp3) is 0.364. The number of carbonyl (C=O) groups is 1. The van der Waals surface area contributed by atoms with Crippen molar-refractivity contribution in [1.29, 1.82) is 0 Å². The molecule has 2 fully saturated rings. The Morgan fingerprint density at radius 3 is 2.55 bits per heavy atom. The van der Waals surface area contributed by atoms with Crippen LogP contribution in [0.15, 0.2) is 42.5 Å². The van der Waals surface area contributed by atoms with Crippen molar-refractivity contribution in [1.82, 2.24) is 19.8 Å². The summed E-state index contributed by atoms with van der Waals surface area (Å²) in [5.41, 5.74) is 3.94. The van der Waals surface area contributed by atoms with Gasteiger partial charge in [0.05, 0.1) is 22.6 Å². The molecule has 3 heterocycles. The summed E-state index contributed by atoms with van der Waals surface area (Å²) in [5, 5.41) is 0.677. The molecule has 1 N–H and O–H groups in total. The van der Waals surface area contributed by atoms with Crippen LogP contribution in [0.2, 0.25) is 5.02 Å². The van der Waals surface area contributed by atoms with Crippen LogP contribution < -0.4 is 4.90 Å². The number of hydrogen-bond donors (Lipinski definition) is 1. The minimum absolute atomic E-state index is 0.253. The third-order valence-electron chi connectivity index (χ3n) is 5.90. The Hall–Kier alpha value is -2.57. The van der Waals surface area contributed by atoms with Gasteiger partial charge in [0.15, 0.2) is 0 Å². The van der Waals surface area contributed by atoms with Crippen LogP contribution in [0.5, 0.6) is 0 Å². The minimum Gasteiger partial charge on any atom is -0.368 e. The number of aromatic nitrogens is 2. The molecule has 0 bridgehead atoms. The first-order chi connectivity index (χ1) is 14.2. The van der Waals surface area contributed by atoms with Crippen LogP contribution in [0.4, 0.5) is 5.69 Å². The van der Waals surface area contributed by atoms with Crippen LogP contribution >= 0.6 is 11.6 Å². The monoisotopic (exact) mass is 409 g/mol. The Balaban J connectivity index is 1.30. The van der Waals surface area contributed by atoms with Gasteiger partial charge in [-0.15, -0.1) is 0 Å². The van der Waals surface area contributed by atoms with Gasteiger partial charge in [-0.25, -0.2) is 4.98 Å². The van der Waals surface area contributed by atoms with Crippen LogP contribution in [-0.2, 0) is 4.79 Å². The summed E-state index contributed by atoms with van der Waals surface area (Å²) in [6, 6.07) is 14.0. The number of H-pyrrole nitrogens is 1. The number of halogens is 1. The van der Waals surface area contributed by atoms with E-state index >= 15 is 0 Å². The number of fused-ring (bicyclic) bond motifs is 1. The number of amides is 1. The van der Waals surface area contributed by atoms with Gasteiger partial charge in [0.1, 0.15) is 5.82 Å². The van der Waals surface area contributed by atoms with Crippen molar-refractivity contribution in [2.75, 3.05) is 50.7 Å². The first kappa shape index (κ1) is 18.5. The highest BCUT2D eigenvalue weighted by Gasteiger charge is 2.25. The fourth-order valence-electron chi connectivity index (χ4n) is 4.02. The molecule has 0 saturated carbocycles.